The van der Waals surface area contributed by atoms with Crippen molar-refractivity contribution >= 4 is 29.1 Å². The molecular weight excluding hydrogens is 401 g/mol. The molecule has 4 rings (SSSR count). The molecule has 0 spiro atoms. The first-order valence-corrected chi connectivity index (χ1v) is 10.4. The normalized spacial score (nSPS) is 15.8. The Kier molecular flexibility index (Phi) is 6.16. The topological polar surface area (TPSA) is 79.0 Å². The second-order valence-corrected chi connectivity index (χ2v) is 7.74. The molecule has 8 heteroatoms. The molecule has 162 valence electrons. The lowest BCUT2D eigenvalue weighted by atomic mass is 10.1. The molecule has 2 aliphatic rings. The van der Waals surface area contributed by atoms with Crippen molar-refractivity contribution in [2.24, 2.45) is 0 Å². The van der Waals surface area contributed by atoms with Gasteiger partial charge in [-0.15, -0.1) is 0 Å². The predicted molar refractivity (Wildman–Crippen MR) is 113 cm³/mol. The SMILES string of the molecule is O=C(Cc1ccc(F)cc1)Nc1ccc2c(c1)N(CC(=O)N1CCCCC1)C(=O)CO2. The molecule has 0 radical (unpaired) electrons. The largest absolute Gasteiger partial charge is 0.482 e. The zero-order chi connectivity index (χ0) is 21.8. The zero-order valence-electron chi connectivity index (χ0n) is 17.1. The minimum atomic E-state index is -0.359. The van der Waals surface area contributed by atoms with Gasteiger partial charge in [-0.1, -0.05) is 12.1 Å². The van der Waals surface area contributed by atoms with Crippen molar-refractivity contribution < 1.29 is 23.5 Å². The summed E-state index contributed by atoms with van der Waals surface area (Å²) in [4.78, 5) is 40.8. The summed E-state index contributed by atoms with van der Waals surface area (Å²) in [5.41, 5.74) is 1.63. The van der Waals surface area contributed by atoms with Crippen molar-refractivity contribution in [1.29, 1.82) is 0 Å². The third-order valence-electron chi connectivity index (χ3n) is 5.47. The van der Waals surface area contributed by atoms with Crippen LogP contribution in [0.25, 0.3) is 0 Å². The van der Waals surface area contributed by atoms with Gasteiger partial charge in [0.2, 0.25) is 11.8 Å². The van der Waals surface area contributed by atoms with Crippen LogP contribution in [0.15, 0.2) is 42.5 Å². The van der Waals surface area contributed by atoms with E-state index >= 15 is 0 Å². The molecule has 0 aromatic heterocycles. The highest BCUT2D eigenvalue weighted by Crippen LogP contribution is 2.34. The summed E-state index contributed by atoms with van der Waals surface area (Å²) < 4.78 is 18.5. The van der Waals surface area contributed by atoms with Gasteiger partial charge in [0, 0.05) is 18.8 Å². The van der Waals surface area contributed by atoms with Crippen LogP contribution in [0.4, 0.5) is 15.8 Å². The smallest absolute Gasteiger partial charge is 0.265 e. The van der Waals surface area contributed by atoms with Gasteiger partial charge in [0.25, 0.3) is 5.91 Å². The van der Waals surface area contributed by atoms with Crippen LogP contribution in [-0.4, -0.2) is 48.9 Å². The number of amides is 3. The van der Waals surface area contributed by atoms with Gasteiger partial charge in [0.15, 0.2) is 6.61 Å². The average molecular weight is 425 g/mol. The number of nitrogens with one attached hydrogen (secondary N) is 1. The number of carbonyl (C=O) groups excluding carboxylic acids is 3. The molecule has 0 aliphatic carbocycles. The molecule has 0 atom stereocenters. The fourth-order valence-corrected chi connectivity index (χ4v) is 3.82. The zero-order valence-corrected chi connectivity index (χ0v) is 17.1. The summed E-state index contributed by atoms with van der Waals surface area (Å²) in [5, 5.41) is 2.79. The number of benzene rings is 2. The lowest BCUT2D eigenvalue weighted by Gasteiger charge is -2.33. The highest BCUT2D eigenvalue weighted by Gasteiger charge is 2.29. The van der Waals surface area contributed by atoms with Crippen LogP contribution < -0.4 is 15.0 Å². The van der Waals surface area contributed by atoms with Crippen LogP contribution in [-0.2, 0) is 20.8 Å². The lowest BCUT2D eigenvalue weighted by Crippen LogP contribution is -2.47. The molecule has 0 unspecified atom stereocenters. The maximum Gasteiger partial charge on any atom is 0.265 e. The number of likely N-dealkylation sites (tertiary alicyclic amines) is 1. The maximum absolute atomic E-state index is 13.0. The summed E-state index contributed by atoms with van der Waals surface area (Å²) in [6.07, 6.45) is 3.15. The van der Waals surface area contributed by atoms with Crippen LogP contribution in [0.3, 0.4) is 0 Å². The van der Waals surface area contributed by atoms with Crippen molar-refractivity contribution in [2.45, 2.75) is 25.7 Å². The molecule has 1 fully saturated rings. The van der Waals surface area contributed by atoms with Gasteiger partial charge in [0.1, 0.15) is 18.1 Å². The Bertz CT molecular complexity index is 987. The molecule has 31 heavy (non-hydrogen) atoms. The number of anilines is 2. The predicted octanol–water partition coefficient (Wildman–Crippen LogP) is 2.74. The van der Waals surface area contributed by atoms with E-state index in [1.54, 1.807) is 35.2 Å². The number of nitrogens with zero attached hydrogens (tertiary/aromatic N) is 2. The van der Waals surface area contributed by atoms with E-state index in [2.05, 4.69) is 5.32 Å². The van der Waals surface area contributed by atoms with Gasteiger partial charge >= 0.3 is 0 Å². The molecule has 3 amide bonds. The Morgan fingerprint density at radius 3 is 2.52 bits per heavy atom. The molecule has 7 nitrogen and oxygen atoms in total. The highest BCUT2D eigenvalue weighted by molar-refractivity contribution is 6.03. The molecule has 0 bridgehead atoms. The third kappa shape index (κ3) is 5.02. The molecule has 1 N–H and O–H groups in total. The summed E-state index contributed by atoms with van der Waals surface area (Å²) in [7, 11) is 0. The van der Waals surface area contributed by atoms with E-state index in [0.29, 0.717) is 35.8 Å². The minimum Gasteiger partial charge on any atom is -0.482 e. The second kappa shape index (κ2) is 9.16. The maximum atomic E-state index is 13.0. The Morgan fingerprint density at radius 1 is 1.03 bits per heavy atom. The summed E-state index contributed by atoms with van der Waals surface area (Å²) in [5.74, 6) is -0.532. The first-order valence-electron chi connectivity index (χ1n) is 10.4. The van der Waals surface area contributed by atoms with Crippen molar-refractivity contribution in [3.05, 3.63) is 53.8 Å². The van der Waals surface area contributed by atoms with Crippen molar-refractivity contribution in [3.63, 3.8) is 0 Å². The van der Waals surface area contributed by atoms with E-state index in [4.69, 9.17) is 4.74 Å². The molecule has 2 heterocycles. The lowest BCUT2D eigenvalue weighted by molar-refractivity contribution is -0.132. The van der Waals surface area contributed by atoms with Gasteiger partial charge < -0.3 is 15.0 Å². The number of ether oxygens (including phenoxy) is 1. The molecule has 1 saturated heterocycles. The van der Waals surface area contributed by atoms with Crippen LogP contribution in [0.1, 0.15) is 24.8 Å². The number of fused-ring (bicyclic) bond motifs is 1. The highest BCUT2D eigenvalue weighted by atomic mass is 19.1. The second-order valence-electron chi connectivity index (χ2n) is 7.74. The molecule has 2 aromatic carbocycles. The van der Waals surface area contributed by atoms with Gasteiger partial charge in [-0.05, 0) is 55.2 Å². The quantitative estimate of drug-likeness (QED) is 0.799. The Hall–Kier alpha value is -3.42. The fourth-order valence-electron chi connectivity index (χ4n) is 3.82. The molecule has 2 aromatic rings. The first kappa shape index (κ1) is 20.8. The number of hydrogen-bond acceptors (Lipinski definition) is 4. The van der Waals surface area contributed by atoms with Gasteiger partial charge in [-0.3, -0.25) is 19.3 Å². The van der Waals surface area contributed by atoms with Crippen LogP contribution in [0.5, 0.6) is 5.75 Å². The molecular formula is C23H24FN3O4. The number of carbonyl (C=O) groups is 3. The van der Waals surface area contributed by atoms with Crippen molar-refractivity contribution in [2.75, 3.05) is 36.5 Å². The van der Waals surface area contributed by atoms with Gasteiger partial charge in [-0.25, -0.2) is 4.39 Å². The van der Waals surface area contributed by atoms with E-state index < -0.39 is 0 Å². The number of rotatable bonds is 5. The third-order valence-corrected chi connectivity index (χ3v) is 5.47. The van der Waals surface area contributed by atoms with E-state index in [1.807, 2.05) is 0 Å². The Balaban J connectivity index is 1.47. The van der Waals surface area contributed by atoms with Crippen LogP contribution >= 0.6 is 0 Å². The van der Waals surface area contributed by atoms with Crippen molar-refractivity contribution in [1.82, 2.24) is 4.90 Å². The molecule has 0 saturated carbocycles. The summed E-state index contributed by atoms with van der Waals surface area (Å²) >= 11 is 0. The average Bonchev–Trinajstić information content (AvgIpc) is 2.78. The number of halogens is 1. The number of hydrogen-bond donors (Lipinski definition) is 1. The van der Waals surface area contributed by atoms with Crippen molar-refractivity contribution in [3.8, 4) is 5.75 Å². The van der Waals surface area contributed by atoms with E-state index in [9.17, 15) is 18.8 Å². The minimum absolute atomic E-state index is 0.0534. The van der Waals surface area contributed by atoms with Crippen LogP contribution in [0, 0.1) is 5.82 Å². The first-order chi connectivity index (χ1) is 15.0. The molecule has 2 aliphatic heterocycles. The monoisotopic (exact) mass is 425 g/mol. The van der Waals surface area contributed by atoms with E-state index in [0.717, 1.165) is 19.3 Å². The van der Waals surface area contributed by atoms with E-state index in [1.165, 1.54) is 17.0 Å². The van der Waals surface area contributed by atoms with Gasteiger partial charge in [-0.2, -0.15) is 0 Å². The van der Waals surface area contributed by atoms with E-state index in [-0.39, 0.29) is 43.1 Å². The standard InChI is InChI=1S/C23H24FN3O4/c24-17-6-4-16(5-7-17)12-21(28)25-18-8-9-20-19(13-18)27(23(30)15-31-20)14-22(29)26-10-2-1-3-11-26/h4-9,13H,1-3,10-12,14-15H2,(H,25,28). The van der Waals surface area contributed by atoms with Gasteiger partial charge in [0.05, 0.1) is 12.1 Å². The number of piperidine rings is 1. The summed E-state index contributed by atoms with van der Waals surface area (Å²) in [6, 6.07) is 10.7. The summed E-state index contributed by atoms with van der Waals surface area (Å²) in [6.45, 7) is 1.24. The Morgan fingerprint density at radius 2 is 1.77 bits per heavy atom. The van der Waals surface area contributed by atoms with Crippen LogP contribution in [0.2, 0.25) is 0 Å². The fraction of sp³-hybridized carbons (Fsp3) is 0.348. The Labute approximate surface area is 179 Å².